The normalized spacial score (nSPS) is 25.5. The molecule has 0 aromatic rings. The summed E-state index contributed by atoms with van der Waals surface area (Å²) >= 11 is 0. The van der Waals surface area contributed by atoms with Crippen LogP contribution in [0.4, 0.5) is 0 Å². The fourth-order valence-electron chi connectivity index (χ4n) is 3.45. The van der Waals surface area contributed by atoms with Crippen LogP contribution < -0.4 is 5.73 Å². The molecule has 0 bridgehead atoms. The van der Waals surface area contributed by atoms with Crippen molar-refractivity contribution >= 4 is 5.78 Å². The summed E-state index contributed by atoms with van der Waals surface area (Å²) in [4.78, 5) is 12.3. The number of nitrogens with two attached hydrogens (primary N) is 1. The Hall–Kier alpha value is -0.370. The van der Waals surface area contributed by atoms with Crippen molar-refractivity contribution in [1.29, 1.82) is 0 Å². The molecule has 2 N–H and O–H groups in total. The average molecular weight is 267 g/mol. The van der Waals surface area contributed by atoms with Gasteiger partial charge in [0, 0.05) is 12.3 Å². The molecule has 0 heterocycles. The molecule has 1 aliphatic carbocycles. The smallest absolute Gasteiger partial charge is 0.135 e. The molecule has 1 atom stereocenters. The van der Waals surface area contributed by atoms with Crippen LogP contribution in [0.5, 0.6) is 0 Å². The zero-order valence-corrected chi connectivity index (χ0v) is 13.2. The van der Waals surface area contributed by atoms with Gasteiger partial charge in [-0.15, -0.1) is 0 Å². The van der Waals surface area contributed by atoms with E-state index in [1.54, 1.807) is 0 Å². The lowest BCUT2D eigenvalue weighted by atomic mass is 9.77. The van der Waals surface area contributed by atoms with Crippen molar-refractivity contribution < 1.29 is 4.79 Å². The van der Waals surface area contributed by atoms with Gasteiger partial charge in [0.25, 0.3) is 0 Å². The van der Waals surface area contributed by atoms with Crippen LogP contribution >= 0.6 is 0 Å². The first-order chi connectivity index (χ1) is 9.08. The van der Waals surface area contributed by atoms with Gasteiger partial charge in [0.05, 0.1) is 0 Å². The monoisotopic (exact) mass is 267 g/mol. The Labute approximate surface area is 119 Å². The minimum atomic E-state index is 0.369. The number of hydrogen-bond donors (Lipinski definition) is 1. The Morgan fingerprint density at radius 2 is 1.79 bits per heavy atom. The van der Waals surface area contributed by atoms with E-state index >= 15 is 0 Å². The minimum Gasteiger partial charge on any atom is -0.330 e. The third-order valence-corrected chi connectivity index (χ3v) is 5.12. The van der Waals surface area contributed by atoms with Gasteiger partial charge in [-0.2, -0.15) is 0 Å². The number of rotatable bonds is 8. The van der Waals surface area contributed by atoms with Crippen molar-refractivity contribution in [3.63, 3.8) is 0 Å². The van der Waals surface area contributed by atoms with Crippen molar-refractivity contribution in [3.05, 3.63) is 0 Å². The minimum absolute atomic E-state index is 0.369. The number of carbonyl (C=O) groups excluding carboxylic acids is 1. The lowest BCUT2D eigenvalue weighted by Crippen LogP contribution is -2.23. The van der Waals surface area contributed by atoms with Gasteiger partial charge in [0.15, 0.2) is 0 Å². The summed E-state index contributed by atoms with van der Waals surface area (Å²) < 4.78 is 0. The second-order valence-corrected chi connectivity index (χ2v) is 6.71. The number of hydrogen-bond acceptors (Lipinski definition) is 2. The number of Topliss-reactive ketones (excluding diaryl/α,β-unsaturated/α-hetero) is 1. The second-order valence-electron chi connectivity index (χ2n) is 6.71. The number of carbonyl (C=O) groups is 1. The predicted octanol–water partition coefficient (Wildman–Crippen LogP) is 4.17. The molecule has 1 rings (SSSR count). The van der Waals surface area contributed by atoms with Gasteiger partial charge in [-0.25, -0.2) is 0 Å². The molecule has 19 heavy (non-hydrogen) atoms. The van der Waals surface area contributed by atoms with E-state index in [0.29, 0.717) is 23.5 Å². The van der Waals surface area contributed by atoms with Crippen LogP contribution in [0.25, 0.3) is 0 Å². The van der Waals surface area contributed by atoms with E-state index < -0.39 is 0 Å². The lowest BCUT2D eigenvalue weighted by Gasteiger charge is -2.27. The zero-order chi connectivity index (χ0) is 14.3. The molecule has 0 amide bonds. The highest BCUT2D eigenvalue weighted by Gasteiger charge is 2.25. The third-order valence-electron chi connectivity index (χ3n) is 5.12. The van der Waals surface area contributed by atoms with Gasteiger partial charge in [-0.05, 0) is 62.8 Å². The van der Waals surface area contributed by atoms with E-state index in [9.17, 15) is 4.79 Å². The van der Waals surface area contributed by atoms with Crippen LogP contribution in [0.15, 0.2) is 0 Å². The SMILES string of the molecule is CCC1CCC(C(=O)CCC(CCN)C(C)C)CC1. The van der Waals surface area contributed by atoms with Gasteiger partial charge in [0.2, 0.25) is 0 Å². The first-order valence-corrected chi connectivity index (χ1v) is 8.31. The van der Waals surface area contributed by atoms with E-state index in [1.165, 1.54) is 19.3 Å². The van der Waals surface area contributed by atoms with Crippen molar-refractivity contribution in [2.75, 3.05) is 6.54 Å². The van der Waals surface area contributed by atoms with Crippen LogP contribution in [-0.4, -0.2) is 12.3 Å². The quantitative estimate of drug-likeness (QED) is 0.717. The molecule has 0 aromatic heterocycles. The van der Waals surface area contributed by atoms with Gasteiger partial charge >= 0.3 is 0 Å². The Kier molecular flexibility index (Phi) is 7.67. The molecule has 0 saturated heterocycles. The molecule has 1 aliphatic rings. The fourth-order valence-corrected chi connectivity index (χ4v) is 3.45. The van der Waals surface area contributed by atoms with E-state index in [0.717, 1.165) is 44.6 Å². The van der Waals surface area contributed by atoms with Gasteiger partial charge in [0.1, 0.15) is 5.78 Å². The third kappa shape index (κ3) is 5.64. The van der Waals surface area contributed by atoms with E-state index in [-0.39, 0.29) is 0 Å². The van der Waals surface area contributed by atoms with E-state index in [1.807, 2.05) is 0 Å². The molecule has 1 saturated carbocycles. The summed E-state index contributed by atoms with van der Waals surface area (Å²) in [5.74, 6) is 3.04. The van der Waals surface area contributed by atoms with Crippen LogP contribution in [0.2, 0.25) is 0 Å². The molecule has 112 valence electrons. The zero-order valence-electron chi connectivity index (χ0n) is 13.2. The molecule has 1 unspecified atom stereocenters. The summed E-state index contributed by atoms with van der Waals surface area (Å²) in [6.07, 6.45) is 8.99. The molecular weight excluding hydrogens is 234 g/mol. The maximum absolute atomic E-state index is 12.3. The van der Waals surface area contributed by atoms with Crippen LogP contribution in [0.3, 0.4) is 0 Å². The maximum Gasteiger partial charge on any atom is 0.135 e. The molecule has 0 aromatic carbocycles. The summed E-state index contributed by atoms with van der Waals surface area (Å²) in [6.45, 7) is 7.51. The average Bonchev–Trinajstić information content (AvgIpc) is 2.42. The van der Waals surface area contributed by atoms with Crippen molar-refractivity contribution in [1.82, 2.24) is 0 Å². The predicted molar refractivity (Wildman–Crippen MR) is 82.0 cm³/mol. The molecule has 1 fully saturated rings. The van der Waals surface area contributed by atoms with Crippen molar-refractivity contribution in [3.8, 4) is 0 Å². The van der Waals surface area contributed by atoms with Gasteiger partial charge < -0.3 is 5.73 Å². The summed E-state index contributed by atoms with van der Waals surface area (Å²) in [7, 11) is 0. The van der Waals surface area contributed by atoms with E-state index in [2.05, 4.69) is 20.8 Å². The van der Waals surface area contributed by atoms with Crippen molar-refractivity contribution in [2.45, 2.75) is 72.1 Å². The van der Waals surface area contributed by atoms with Crippen molar-refractivity contribution in [2.24, 2.45) is 29.4 Å². The standard InChI is InChI=1S/C17H33NO/c1-4-14-5-7-16(8-6-14)17(19)10-9-15(11-12-18)13(2)3/h13-16H,4-12,18H2,1-3H3. The summed E-state index contributed by atoms with van der Waals surface area (Å²) in [5.41, 5.74) is 5.66. The highest BCUT2D eigenvalue weighted by atomic mass is 16.1. The first kappa shape index (κ1) is 16.7. The summed E-state index contributed by atoms with van der Waals surface area (Å²) in [5, 5.41) is 0. The molecule has 2 heteroatoms. The Morgan fingerprint density at radius 1 is 1.16 bits per heavy atom. The van der Waals surface area contributed by atoms with Crippen LogP contribution in [-0.2, 0) is 4.79 Å². The highest BCUT2D eigenvalue weighted by molar-refractivity contribution is 5.81. The maximum atomic E-state index is 12.3. The Bertz CT molecular complexity index is 254. The molecule has 2 nitrogen and oxygen atoms in total. The second kappa shape index (κ2) is 8.73. The molecule has 0 radical (unpaired) electrons. The first-order valence-electron chi connectivity index (χ1n) is 8.31. The highest BCUT2D eigenvalue weighted by Crippen LogP contribution is 2.32. The number of ketones is 1. The Morgan fingerprint density at radius 3 is 2.26 bits per heavy atom. The Balaban J connectivity index is 2.30. The summed E-state index contributed by atoms with van der Waals surface area (Å²) in [6, 6.07) is 0. The molecule has 0 aliphatic heterocycles. The van der Waals surface area contributed by atoms with Gasteiger partial charge in [-0.1, -0.05) is 27.2 Å². The largest absolute Gasteiger partial charge is 0.330 e. The van der Waals surface area contributed by atoms with Crippen LogP contribution in [0.1, 0.15) is 72.1 Å². The topological polar surface area (TPSA) is 43.1 Å². The van der Waals surface area contributed by atoms with Gasteiger partial charge in [-0.3, -0.25) is 4.79 Å². The van der Waals surface area contributed by atoms with Crippen LogP contribution in [0, 0.1) is 23.7 Å². The molecular formula is C17H33NO. The lowest BCUT2D eigenvalue weighted by molar-refractivity contribution is -0.124. The molecule has 0 spiro atoms. The fraction of sp³-hybridized carbons (Fsp3) is 0.941. The van der Waals surface area contributed by atoms with E-state index in [4.69, 9.17) is 5.73 Å².